The Kier molecular flexibility index (Phi) is 5.32. The van der Waals surface area contributed by atoms with Crippen molar-refractivity contribution in [1.82, 2.24) is 14.9 Å². The van der Waals surface area contributed by atoms with Gasteiger partial charge in [0, 0.05) is 5.56 Å². The largest absolute Gasteiger partial charge is 0.497 e. The number of carbonyl (C=O) groups is 1. The molecule has 2 rings (SSSR count). The Hall–Kier alpha value is -2.15. The molecule has 0 saturated carbocycles. The van der Waals surface area contributed by atoms with E-state index in [0.29, 0.717) is 28.5 Å². The number of hydrogen-bond acceptors (Lipinski definition) is 6. The predicted molar refractivity (Wildman–Crippen MR) is 84.7 cm³/mol. The number of aromatic nitrogens is 2. The molecule has 0 aliphatic rings. The lowest BCUT2D eigenvalue weighted by Crippen LogP contribution is -2.27. The Morgan fingerprint density at radius 1 is 1.36 bits per heavy atom. The van der Waals surface area contributed by atoms with Crippen LogP contribution >= 0.6 is 11.5 Å². The molecule has 0 fully saturated rings. The van der Waals surface area contributed by atoms with E-state index in [0.717, 1.165) is 17.1 Å². The molecule has 6 nitrogen and oxygen atoms in total. The monoisotopic (exact) mass is 321 g/mol. The summed E-state index contributed by atoms with van der Waals surface area (Å²) in [5, 5.41) is 6.92. The van der Waals surface area contributed by atoms with Crippen LogP contribution in [0.2, 0.25) is 0 Å². The van der Waals surface area contributed by atoms with Crippen LogP contribution in [0.25, 0.3) is 0 Å². The second kappa shape index (κ2) is 7.22. The fourth-order valence-corrected chi connectivity index (χ4v) is 2.78. The van der Waals surface area contributed by atoms with Crippen molar-refractivity contribution in [3.05, 3.63) is 34.3 Å². The molecule has 1 aromatic carbocycles. The highest BCUT2D eigenvalue weighted by molar-refractivity contribution is 7.08. The van der Waals surface area contributed by atoms with Crippen molar-refractivity contribution in [3.8, 4) is 11.5 Å². The lowest BCUT2D eigenvalue weighted by Gasteiger charge is -2.18. The predicted octanol–water partition coefficient (Wildman–Crippen LogP) is 2.61. The molecule has 0 spiro atoms. The standard InChI is InChI=1S/C15H19N3O3S/c1-5-12-14(22-18-17-12)15(19)16-9(2)11-8-10(20-3)6-7-13(11)21-4/h6-9H,5H2,1-4H3,(H,16,19)/t9-/m1/s1. The van der Waals surface area contributed by atoms with Crippen molar-refractivity contribution >= 4 is 17.4 Å². The molecule has 1 N–H and O–H groups in total. The van der Waals surface area contributed by atoms with Gasteiger partial charge in [-0.2, -0.15) is 0 Å². The van der Waals surface area contributed by atoms with Gasteiger partial charge in [-0.25, -0.2) is 0 Å². The van der Waals surface area contributed by atoms with Crippen molar-refractivity contribution < 1.29 is 14.3 Å². The lowest BCUT2D eigenvalue weighted by molar-refractivity contribution is 0.0942. The fraction of sp³-hybridized carbons (Fsp3) is 0.400. The molecule has 0 radical (unpaired) electrons. The number of carbonyl (C=O) groups excluding carboxylic acids is 1. The van der Waals surface area contributed by atoms with E-state index >= 15 is 0 Å². The molecular weight excluding hydrogens is 302 g/mol. The van der Waals surface area contributed by atoms with E-state index in [2.05, 4.69) is 14.9 Å². The third-order valence-electron chi connectivity index (χ3n) is 3.35. The van der Waals surface area contributed by atoms with Crippen molar-refractivity contribution in [3.63, 3.8) is 0 Å². The fourth-order valence-electron chi connectivity index (χ4n) is 2.13. The van der Waals surface area contributed by atoms with E-state index in [9.17, 15) is 4.79 Å². The highest BCUT2D eigenvalue weighted by Crippen LogP contribution is 2.29. The zero-order valence-corrected chi connectivity index (χ0v) is 13.9. The molecule has 0 aliphatic carbocycles. The first kappa shape index (κ1) is 16.2. The third kappa shape index (κ3) is 3.36. The van der Waals surface area contributed by atoms with Crippen molar-refractivity contribution in [2.45, 2.75) is 26.3 Å². The van der Waals surface area contributed by atoms with E-state index in [-0.39, 0.29) is 11.9 Å². The van der Waals surface area contributed by atoms with E-state index < -0.39 is 0 Å². The summed E-state index contributed by atoms with van der Waals surface area (Å²) in [6.45, 7) is 3.84. The Bertz CT molecular complexity index is 657. The molecule has 118 valence electrons. The van der Waals surface area contributed by atoms with Crippen LogP contribution in [-0.4, -0.2) is 29.7 Å². The van der Waals surface area contributed by atoms with Crippen LogP contribution in [0.5, 0.6) is 11.5 Å². The number of rotatable bonds is 6. The lowest BCUT2D eigenvalue weighted by atomic mass is 10.1. The molecule has 0 saturated heterocycles. The van der Waals surface area contributed by atoms with E-state index in [1.54, 1.807) is 14.2 Å². The normalized spacial score (nSPS) is 11.8. The summed E-state index contributed by atoms with van der Waals surface area (Å²) in [6.07, 6.45) is 0.677. The van der Waals surface area contributed by atoms with Gasteiger partial charge in [0.1, 0.15) is 16.4 Å². The average Bonchev–Trinajstić information content (AvgIpc) is 3.02. The van der Waals surface area contributed by atoms with E-state index in [1.165, 1.54) is 0 Å². The maximum absolute atomic E-state index is 12.4. The van der Waals surface area contributed by atoms with Gasteiger partial charge in [-0.05, 0) is 43.1 Å². The van der Waals surface area contributed by atoms with Crippen LogP contribution in [0.1, 0.15) is 40.8 Å². The molecule has 0 aliphatic heterocycles. The van der Waals surface area contributed by atoms with Crippen LogP contribution in [-0.2, 0) is 6.42 Å². The molecule has 2 aromatic rings. The number of aryl methyl sites for hydroxylation is 1. The maximum atomic E-state index is 12.4. The molecular formula is C15H19N3O3S. The quantitative estimate of drug-likeness (QED) is 0.885. The van der Waals surface area contributed by atoms with Crippen LogP contribution in [0.4, 0.5) is 0 Å². The molecule has 1 amide bonds. The molecule has 7 heteroatoms. The second-order valence-corrected chi connectivity index (χ2v) is 5.46. The van der Waals surface area contributed by atoms with Gasteiger partial charge in [0.05, 0.1) is 26.0 Å². The Balaban J connectivity index is 2.21. The van der Waals surface area contributed by atoms with Gasteiger partial charge in [-0.15, -0.1) is 5.10 Å². The molecule has 1 atom stereocenters. The second-order valence-electron chi connectivity index (χ2n) is 4.71. The van der Waals surface area contributed by atoms with Crippen LogP contribution < -0.4 is 14.8 Å². The first-order valence-corrected chi connectivity index (χ1v) is 7.72. The number of benzene rings is 1. The van der Waals surface area contributed by atoms with Gasteiger partial charge in [0.15, 0.2) is 0 Å². The average molecular weight is 321 g/mol. The first-order chi connectivity index (χ1) is 10.6. The zero-order valence-electron chi connectivity index (χ0n) is 13.0. The van der Waals surface area contributed by atoms with E-state index in [1.807, 2.05) is 32.0 Å². The van der Waals surface area contributed by atoms with Crippen LogP contribution in [0.15, 0.2) is 18.2 Å². The maximum Gasteiger partial charge on any atom is 0.265 e. The topological polar surface area (TPSA) is 73.3 Å². The molecule has 1 heterocycles. The summed E-state index contributed by atoms with van der Waals surface area (Å²) in [5.41, 5.74) is 1.57. The van der Waals surface area contributed by atoms with Gasteiger partial charge in [0.25, 0.3) is 5.91 Å². The minimum atomic E-state index is -0.232. The van der Waals surface area contributed by atoms with Gasteiger partial charge in [-0.1, -0.05) is 11.4 Å². The van der Waals surface area contributed by atoms with Crippen LogP contribution in [0, 0.1) is 0 Å². The molecule has 22 heavy (non-hydrogen) atoms. The molecule has 0 unspecified atom stereocenters. The van der Waals surface area contributed by atoms with Gasteiger partial charge in [0.2, 0.25) is 0 Å². The summed E-state index contributed by atoms with van der Waals surface area (Å²) in [4.78, 5) is 12.9. The Labute approximate surface area is 133 Å². The highest BCUT2D eigenvalue weighted by Gasteiger charge is 2.20. The minimum Gasteiger partial charge on any atom is -0.497 e. The number of nitrogens with one attached hydrogen (secondary N) is 1. The SMILES string of the molecule is CCc1nnsc1C(=O)N[C@H](C)c1cc(OC)ccc1OC. The number of amides is 1. The van der Waals surface area contributed by atoms with Crippen molar-refractivity contribution in [2.75, 3.05) is 14.2 Å². The summed E-state index contributed by atoms with van der Waals surface area (Å²) < 4.78 is 14.4. The number of nitrogens with zero attached hydrogens (tertiary/aromatic N) is 2. The van der Waals surface area contributed by atoms with Gasteiger partial charge >= 0.3 is 0 Å². The molecule has 1 aromatic heterocycles. The van der Waals surface area contributed by atoms with E-state index in [4.69, 9.17) is 9.47 Å². The zero-order chi connectivity index (χ0) is 16.1. The third-order valence-corrected chi connectivity index (χ3v) is 4.11. The van der Waals surface area contributed by atoms with Crippen molar-refractivity contribution in [2.24, 2.45) is 0 Å². The van der Waals surface area contributed by atoms with Gasteiger partial charge in [-0.3, -0.25) is 4.79 Å². The minimum absolute atomic E-state index is 0.177. The summed E-state index contributed by atoms with van der Waals surface area (Å²) in [6, 6.07) is 5.27. The smallest absolute Gasteiger partial charge is 0.265 e. The van der Waals surface area contributed by atoms with Gasteiger partial charge < -0.3 is 14.8 Å². The number of methoxy groups -OCH3 is 2. The molecule has 0 bridgehead atoms. The number of hydrogen-bond donors (Lipinski definition) is 1. The first-order valence-electron chi connectivity index (χ1n) is 6.94. The van der Waals surface area contributed by atoms with Crippen LogP contribution in [0.3, 0.4) is 0 Å². The summed E-state index contributed by atoms with van der Waals surface area (Å²) >= 11 is 1.11. The number of ether oxygens (including phenoxy) is 2. The summed E-state index contributed by atoms with van der Waals surface area (Å²) in [5.74, 6) is 1.24. The summed E-state index contributed by atoms with van der Waals surface area (Å²) in [7, 11) is 3.20. The van der Waals surface area contributed by atoms with Crippen molar-refractivity contribution in [1.29, 1.82) is 0 Å². The Morgan fingerprint density at radius 3 is 2.77 bits per heavy atom. The highest BCUT2D eigenvalue weighted by atomic mass is 32.1. The Morgan fingerprint density at radius 2 is 2.14 bits per heavy atom.